The van der Waals surface area contributed by atoms with E-state index >= 15 is 0 Å². The van der Waals surface area contributed by atoms with Crippen molar-refractivity contribution in [2.24, 2.45) is 4.99 Å². The summed E-state index contributed by atoms with van der Waals surface area (Å²) in [5.41, 5.74) is 1.44. The molecule has 0 aliphatic carbocycles. The van der Waals surface area contributed by atoms with Gasteiger partial charge in [-0.25, -0.2) is 4.99 Å². The molecule has 156 valence electrons. The van der Waals surface area contributed by atoms with E-state index < -0.39 is 0 Å². The number of amides is 1. The predicted octanol–water partition coefficient (Wildman–Crippen LogP) is 4.89. The number of hydrogen-bond donors (Lipinski definition) is 1. The number of carbonyl (C=O) groups is 1. The molecule has 0 spiro atoms. The van der Waals surface area contributed by atoms with Gasteiger partial charge in [0.15, 0.2) is 0 Å². The first-order valence-corrected chi connectivity index (χ1v) is 10.3. The first kappa shape index (κ1) is 20.7. The maximum Gasteiger partial charge on any atom is 0.256 e. The average Bonchev–Trinajstić information content (AvgIpc) is 3.25. The highest BCUT2D eigenvalue weighted by atomic mass is 35.5. The molecular formula is C22H20Cl2N2O4. The third kappa shape index (κ3) is 4.61. The lowest BCUT2D eigenvalue weighted by molar-refractivity contribution is 0.0854. The number of nitrogens with zero attached hydrogens (tertiary/aromatic N) is 1. The molecule has 1 fully saturated rings. The average molecular weight is 447 g/mol. The number of hydrogen-bond acceptors (Lipinski definition) is 5. The van der Waals surface area contributed by atoms with Gasteiger partial charge in [-0.15, -0.1) is 0 Å². The molecule has 8 heteroatoms. The Balaban J connectivity index is 1.80. The van der Waals surface area contributed by atoms with E-state index in [9.17, 15) is 4.79 Å². The van der Waals surface area contributed by atoms with Crippen molar-refractivity contribution in [2.45, 2.75) is 18.9 Å². The highest BCUT2D eigenvalue weighted by Crippen LogP contribution is 2.30. The first-order valence-electron chi connectivity index (χ1n) is 9.55. The summed E-state index contributed by atoms with van der Waals surface area (Å²) in [6, 6.07) is 12.0. The fourth-order valence-corrected chi connectivity index (χ4v) is 3.66. The molecule has 0 saturated carbocycles. The minimum Gasteiger partial charge on any atom is -0.494 e. The van der Waals surface area contributed by atoms with Crippen LogP contribution in [0.1, 0.15) is 23.2 Å². The zero-order valence-corrected chi connectivity index (χ0v) is 17.8. The highest BCUT2D eigenvalue weighted by molar-refractivity contribution is 6.31. The van der Waals surface area contributed by atoms with Crippen molar-refractivity contribution in [1.29, 1.82) is 0 Å². The summed E-state index contributed by atoms with van der Waals surface area (Å²) in [4.78, 5) is 17.5. The van der Waals surface area contributed by atoms with Crippen molar-refractivity contribution in [2.75, 3.05) is 20.3 Å². The van der Waals surface area contributed by atoms with E-state index in [2.05, 4.69) is 10.3 Å². The molecular weight excluding hydrogens is 427 g/mol. The normalized spacial score (nSPS) is 16.8. The highest BCUT2D eigenvalue weighted by Gasteiger charge is 2.19. The molecule has 2 heterocycles. The first-order chi connectivity index (χ1) is 14.5. The van der Waals surface area contributed by atoms with Crippen LogP contribution < -0.4 is 15.6 Å². The lowest BCUT2D eigenvalue weighted by atomic mass is 10.1. The molecule has 1 aliphatic heterocycles. The summed E-state index contributed by atoms with van der Waals surface area (Å²) in [6.45, 7) is 1.14. The van der Waals surface area contributed by atoms with Crippen LogP contribution in [-0.2, 0) is 4.74 Å². The zero-order chi connectivity index (χ0) is 21.1. The fraction of sp³-hybridized carbons (Fsp3) is 0.273. The van der Waals surface area contributed by atoms with Gasteiger partial charge in [-0.2, -0.15) is 0 Å². The Morgan fingerprint density at radius 2 is 2.00 bits per heavy atom. The number of carbonyl (C=O) groups excluding carboxylic acids is 1. The van der Waals surface area contributed by atoms with Crippen LogP contribution in [-0.4, -0.2) is 32.3 Å². The lowest BCUT2D eigenvalue weighted by Crippen LogP contribution is -2.34. The minimum atomic E-state index is -0.309. The summed E-state index contributed by atoms with van der Waals surface area (Å²) >= 11 is 12.2. The van der Waals surface area contributed by atoms with Gasteiger partial charge in [0, 0.05) is 28.6 Å². The molecule has 0 unspecified atom stereocenters. The standard InChI is InChI=1S/C22H20Cl2N2O4/c1-28-20-7-5-15(24)11-18(20)26-22-17(21(27)25-12-16-3-2-8-29-16)10-13-9-14(23)4-6-19(13)30-22/h4-7,9-11,16H,2-3,8,12H2,1H3,(H,25,27)/t16-/m1/s1. The molecule has 0 radical (unpaired) electrons. The maximum atomic E-state index is 13.0. The molecule has 1 amide bonds. The van der Waals surface area contributed by atoms with E-state index in [4.69, 9.17) is 37.1 Å². The number of benzene rings is 2. The molecule has 1 saturated heterocycles. The molecule has 1 atom stereocenters. The molecule has 1 aromatic heterocycles. The van der Waals surface area contributed by atoms with Gasteiger partial charge in [0.05, 0.1) is 13.2 Å². The van der Waals surface area contributed by atoms with Crippen LogP contribution in [0.3, 0.4) is 0 Å². The van der Waals surface area contributed by atoms with Crippen molar-refractivity contribution in [3.8, 4) is 5.75 Å². The van der Waals surface area contributed by atoms with Gasteiger partial charge in [0.25, 0.3) is 5.91 Å². The third-order valence-corrected chi connectivity index (χ3v) is 5.30. The van der Waals surface area contributed by atoms with Crippen molar-refractivity contribution in [3.63, 3.8) is 0 Å². The summed E-state index contributed by atoms with van der Waals surface area (Å²) in [5, 5.41) is 4.65. The van der Waals surface area contributed by atoms with Crippen molar-refractivity contribution in [3.05, 3.63) is 63.6 Å². The topological polar surface area (TPSA) is 73.1 Å². The van der Waals surface area contributed by atoms with Gasteiger partial charge in [-0.3, -0.25) is 4.79 Å². The van der Waals surface area contributed by atoms with E-state index in [1.165, 1.54) is 7.11 Å². The van der Waals surface area contributed by atoms with Crippen LogP contribution in [0.15, 0.2) is 51.9 Å². The number of nitrogens with one attached hydrogen (secondary N) is 1. The Bertz CT molecular complexity index is 1150. The quantitative estimate of drug-likeness (QED) is 0.605. The van der Waals surface area contributed by atoms with Gasteiger partial charge in [0.2, 0.25) is 5.55 Å². The van der Waals surface area contributed by atoms with Gasteiger partial charge in [-0.1, -0.05) is 23.2 Å². The zero-order valence-electron chi connectivity index (χ0n) is 16.3. The van der Waals surface area contributed by atoms with E-state index in [0.717, 1.165) is 19.4 Å². The second-order valence-electron chi connectivity index (χ2n) is 6.92. The van der Waals surface area contributed by atoms with E-state index in [1.807, 2.05) is 0 Å². The van der Waals surface area contributed by atoms with Crippen LogP contribution >= 0.6 is 23.2 Å². The summed E-state index contributed by atoms with van der Waals surface area (Å²) in [7, 11) is 1.54. The van der Waals surface area contributed by atoms with Crippen LogP contribution in [0.2, 0.25) is 10.0 Å². The van der Waals surface area contributed by atoms with Gasteiger partial charge in [-0.05, 0) is 55.3 Å². The molecule has 1 N–H and O–H groups in total. The molecule has 4 rings (SSSR count). The van der Waals surface area contributed by atoms with E-state index in [-0.39, 0.29) is 23.1 Å². The van der Waals surface area contributed by atoms with Crippen LogP contribution in [0.5, 0.6) is 5.75 Å². The lowest BCUT2D eigenvalue weighted by Gasteiger charge is -2.11. The third-order valence-electron chi connectivity index (χ3n) is 4.83. The molecule has 2 aromatic carbocycles. The van der Waals surface area contributed by atoms with Gasteiger partial charge >= 0.3 is 0 Å². The van der Waals surface area contributed by atoms with E-state index in [1.54, 1.807) is 42.5 Å². The number of fused-ring (bicyclic) bond motifs is 1. The van der Waals surface area contributed by atoms with Gasteiger partial charge < -0.3 is 19.2 Å². The second-order valence-corrected chi connectivity index (χ2v) is 7.79. The molecule has 6 nitrogen and oxygen atoms in total. The number of methoxy groups -OCH3 is 1. The van der Waals surface area contributed by atoms with Crippen molar-refractivity contribution >= 4 is 45.8 Å². The smallest absolute Gasteiger partial charge is 0.256 e. The Morgan fingerprint density at radius 3 is 2.77 bits per heavy atom. The monoisotopic (exact) mass is 446 g/mol. The Labute approximate surface area is 183 Å². The summed E-state index contributed by atoms with van der Waals surface area (Å²) < 4.78 is 16.9. The SMILES string of the molecule is COc1ccc(Cl)cc1N=c1oc2ccc(Cl)cc2cc1C(=O)NC[C@H]1CCCO1. The largest absolute Gasteiger partial charge is 0.494 e. The summed E-state index contributed by atoms with van der Waals surface area (Å²) in [5.74, 6) is 0.201. The Morgan fingerprint density at radius 1 is 1.20 bits per heavy atom. The van der Waals surface area contributed by atoms with Crippen LogP contribution in [0, 0.1) is 0 Å². The van der Waals surface area contributed by atoms with Crippen molar-refractivity contribution < 1.29 is 18.7 Å². The maximum absolute atomic E-state index is 13.0. The number of halogens is 2. The predicted molar refractivity (Wildman–Crippen MR) is 116 cm³/mol. The minimum absolute atomic E-state index is 0.0224. The van der Waals surface area contributed by atoms with Gasteiger partial charge in [0.1, 0.15) is 22.6 Å². The summed E-state index contributed by atoms with van der Waals surface area (Å²) in [6.07, 6.45) is 1.95. The number of ether oxygens (including phenoxy) is 2. The molecule has 30 heavy (non-hydrogen) atoms. The Kier molecular flexibility index (Phi) is 6.27. The van der Waals surface area contributed by atoms with Crippen LogP contribution in [0.25, 0.3) is 11.0 Å². The molecule has 3 aromatic rings. The van der Waals surface area contributed by atoms with Crippen LogP contribution in [0.4, 0.5) is 5.69 Å². The second kappa shape index (κ2) is 9.08. The molecule has 1 aliphatic rings. The Hall–Kier alpha value is -2.54. The molecule has 0 bridgehead atoms. The van der Waals surface area contributed by atoms with Crippen molar-refractivity contribution in [1.82, 2.24) is 5.32 Å². The number of rotatable bonds is 5. The van der Waals surface area contributed by atoms with E-state index in [0.29, 0.717) is 39.0 Å². The fourth-order valence-electron chi connectivity index (χ4n) is 3.31.